The number of alkyl halides is 3. The third kappa shape index (κ3) is 5.07. The highest BCUT2D eigenvalue weighted by Gasteiger charge is 2.33. The summed E-state index contributed by atoms with van der Waals surface area (Å²) in [6.07, 6.45) is -0.808. The Morgan fingerprint density at radius 1 is 1.33 bits per heavy atom. The largest absolute Gasteiger partial charge is 0.469 e. The van der Waals surface area contributed by atoms with Crippen LogP contribution in [0.3, 0.4) is 0 Å². The van der Waals surface area contributed by atoms with Crippen LogP contribution in [0.25, 0.3) is 0 Å². The number of ether oxygens (including phenoxy) is 1. The quantitative estimate of drug-likeness (QED) is 0.547. The maximum atomic E-state index is 13.3. The summed E-state index contributed by atoms with van der Waals surface area (Å²) >= 11 is 0. The smallest absolute Gasteiger partial charge is 0.416 e. The van der Waals surface area contributed by atoms with Crippen LogP contribution in [0.1, 0.15) is 52.8 Å². The molecule has 2 rings (SSSR count). The van der Waals surface area contributed by atoms with E-state index in [1.165, 1.54) is 20.1 Å². The average Bonchev–Trinajstić information content (AvgIpc) is 2.66. The van der Waals surface area contributed by atoms with Gasteiger partial charge in [0.05, 0.1) is 36.4 Å². The molecule has 0 saturated heterocycles. The summed E-state index contributed by atoms with van der Waals surface area (Å²) in [6, 6.07) is 3.30. The first-order valence-corrected chi connectivity index (χ1v) is 9.01. The lowest BCUT2D eigenvalue weighted by molar-refractivity contribution is -0.140. The van der Waals surface area contributed by atoms with Crippen LogP contribution in [-0.2, 0) is 22.1 Å². The number of halogens is 3. The molecule has 1 aromatic carbocycles. The molecule has 9 heteroatoms. The number of hydrogen-bond donors (Lipinski definition) is 2. The van der Waals surface area contributed by atoms with E-state index in [1.54, 1.807) is 19.9 Å². The zero-order valence-corrected chi connectivity index (χ0v) is 17.0. The van der Waals surface area contributed by atoms with Crippen LogP contribution < -0.4 is 5.32 Å². The molecule has 2 aromatic rings. The number of carbonyl (C=O) groups is 1. The number of nitrogens with one attached hydrogen (secondary N) is 1. The number of benzene rings is 1. The number of aliphatic hydroxyl groups is 1. The normalized spacial score (nSPS) is 13.3. The van der Waals surface area contributed by atoms with Crippen molar-refractivity contribution in [3.63, 3.8) is 0 Å². The summed E-state index contributed by atoms with van der Waals surface area (Å²) in [7, 11) is 1.21. The summed E-state index contributed by atoms with van der Waals surface area (Å²) < 4.78 is 44.4. The average molecular weight is 421 g/mol. The van der Waals surface area contributed by atoms with E-state index in [2.05, 4.69) is 25.9 Å². The highest BCUT2D eigenvalue weighted by Crippen LogP contribution is 2.35. The Hall–Kier alpha value is -3.12. The van der Waals surface area contributed by atoms with E-state index in [4.69, 9.17) is 6.42 Å². The fourth-order valence-corrected chi connectivity index (χ4v) is 3.18. The maximum absolute atomic E-state index is 13.3. The minimum absolute atomic E-state index is 0.0737. The highest BCUT2D eigenvalue weighted by atomic mass is 19.4. The molecule has 0 bridgehead atoms. The van der Waals surface area contributed by atoms with E-state index in [1.807, 2.05) is 0 Å². The predicted octanol–water partition coefficient (Wildman–Crippen LogP) is 3.67. The Balaban J connectivity index is 2.52. The molecule has 0 radical (unpaired) electrons. The zero-order chi connectivity index (χ0) is 22.6. The fourth-order valence-electron chi connectivity index (χ4n) is 3.18. The van der Waals surface area contributed by atoms with Crippen LogP contribution in [0, 0.1) is 26.2 Å². The molecular formula is C21H22F3N3O3. The number of methoxy groups -OCH3 is 1. The fraction of sp³-hybridized carbons (Fsp3) is 0.381. The molecule has 2 N–H and O–H groups in total. The third-order valence-corrected chi connectivity index (χ3v) is 4.61. The van der Waals surface area contributed by atoms with Gasteiger partial charge < -0.3 is 15.2 Å². The second-order valence-corrected chi connectivity index (χ2v) is 6.69. The lowest BCUT2D eigenvalue weighted by atomic mass is 9.97. The first kappa shape index (κ1) is 23.2. The molecule has 30 heavy (non-hydrogen) atoms. The number of rotatable bonds is 6. The highest BCUT2D eigenvalue weighted by molar-refractivity contribution is 5.73. The lowest BCUT2D eigenvalue weighted by Crippen LogP contribution is -2.19. The van der Waals surface area contributed by atoms with Crippen molar-refractivity contribution in [1.29, 1.82) is 0 Å². The van der Waals surface area contributed by atoms with Crippen molar-refractivity contribution >= 4 is 11.8 Å². The number of aryl methyl sites for hydroxylation is 1. The topological polar surface area (TPSA) is 84.3 Å². The molecule has 2 unspecified atom stereocenters. The minimum atomic E-state index is -4.48. The summed E-state index contributed by atoms with van der Waals surface area (Å²) in [4.78, 5) is 20.2. The van der Waals surface area contributed by atoms with Gasteiger partial charge >= 0.3 is 12.1 Å². The first-order valence-electron chi connectivity index (χ1n) is 9.01. The Kier molecular flexibility index (Phi) is 7.05. The van der Waals surface area contributed by atoms with Crippen molar-refractivity contribution in [1.82, 2.24) is 9.97 Å². The van der Waals surface area contributed by atoms with Crippen LogP contribution in [0.5, 0.6) is 0 Å². The number of aliphatic hydroxyl groups excluding tert-OH is 1. The molecule has 6 nitrogen and oxygen atoms in total. The van der Waals surface area contributed by atoms with Gasteiger partial charge in [0.15, 0.2) is 0 Å². The van der Waals surface area contributed by atoms with Crippen LogP contribution in [0.2, 0.25) is 0 Å². The molecule has 0 fully saturated rings. The van der Waals surface area contributed by atoms with Gasteiger partial charge in [-0.15, -0.1) is 6.42 Å². The molecule has 0 aliphatic carbocycles. The number of nitrogens with zero attached hydrogens (tertiary/aromatic N) is 2. The van der Waals surface area contributed by atoms with Crippen LogP contribution in [0.4, 0.5) is 19.0 Å². The molecule has 0 aliphatic rings. The molecule has 0 aliphatic heterocycles. The van der Waals surface area contributed by atoms with Gasteiger partial charge in [-0.3, -0.25) is 4.79 Å². The lowest BCUT2D eigenvalue weighted by Gasteiger charge is -2.23. The van der Waals surface area contributed by atoms with E-state index in [0.717, 1.165) is 6.07 Å². The van der Waals surface area contributed by atoms with E-state index < -0.39 is 29.9 Å². The second kappa shape index (κ2) is 9.13. The van der Waals surface area contributed by atoms with E-state index in [9.17, 15) is 23.1 Å². The summed E-state index contributed by atoms with van der Waals surface area (Å²) in [5, 5.41) is 13.3. The Labute approximate surface area is 172 Å². The van der Waals surface area contributed by atoms with Gasteiger partial charge in [0.1, 0.15) is 17.7 Å². The van der Waals surface area contributed by atoms with Crippen molar-refractivity contribution < 1.29 is 27.8 Å². The molecule has 0 amide bonds. The second-order valence-electron chi connectivity index (χ2n) is 6.69. The summed E-state index contributed by atoms with van der Waals surface area (Å²) in [6.45, 7) is 4.63. The first-order chi connectivity index (χ1) is 14.0. The van der Waals surface area contributed by atoms with Crippen LogP contribution >= 0.6 is 0 Å². The predicted molar refractivity (Wildman–Crippen MR) is 105 cm³/mol. The van der Waals surface area contributed by atoms with Gasteiger partial charge in [0.2, 0.25) is 0 Å². The van der Waals surface area contributed by atoms with Gasteiger partial charge in [0.25, 0.3) is 0 Å². The SMILES string of the molecule is C#CC(O)c1c(CC(=O)OC)nc(C)nc1NC(C)c1cccc(C(F)(F)F)c1C. The van der Waals surface area contributed by atoms with Crippen LogP contribution in [0.15, 0.2) is 18.2 Å². The van der Waals surface area contributed by atoms with Crippen molar-refractivity contribution in [3.8, 4) is 12.3 Å². The number of aromatic nitrogens is 2. The van der Waals surface area contributed by atoms with Crippen LogP contribution in [-0.4, -0.2) is 28.2 Å². The number of carbonyl (C=O) groups excluding carboxylic acids is 1. The van der Waals surface area contributed by atoms with Crippen molar-refractivity contribution in [2.24, 2.45) is 0 Å². The molecule has 0 spiro atoms. The van der Waals surface area contributed by atoms with Crippen molar-refractivity contribution in [2.45, 2.75) is 45.5 Å². The number of esters is 1. The zero-order valence-electron chi connectivity index (χ0n) is 17.0. The van der Waals surface area contributed by atoms with E-state index in [0.29, 0.717) is 5.56 Å². The van der Waals surface area contributed by atoms with Crippen molar-refractivity contribution in [3.05, 3.63) is 52.0 Å². The van der Waals surface area contributed by atoms with E-state index in [-0.39, 0.29) is 34.9 Å². The van der Waals surface area contributed by atoms with Gasteiger partial charge in [-0.25, -0.2) is 9.97 Å². The molecular weight excluding hydrogens is 399 g/mol. The minimum Gasteiger partial charge on any atom is -0.469 e. The van der Waals surface area contributed by atoms with E-state index >= 15 is 0 Å². The summed E-state index contributed by atoms with van der Waals surface area (Å²) in [5.41, 5.74) is 0.0180. The maximum Gasteiger partial charge on any atom is 0.416 e. The number of terminal acetylenes is 1. The Bertz CT molecular complexity index is 984. The molecule has 160 valence electrons. The Morgan fingerprint density at radius 2 is 2.00 bits per heavy atom. The molecule has 2 atom stereocenters. The van der Waals surface area contributed by atoms with Gasteiger partial charge in [0, 0.05) is 0 Å². The number of hydrogen-bond acceptors (Lipinski definition) is 6. The Morgan fingerprint density at radius 3 is 2.57 bits per heavy atom. The van der Waals surface area contributed by atoms with Gasteiger partial charge in [-0.05, 0) is 38.0 Å². The third-order valence-electron chi connectivity index (χ3n) is 4.61. The van der Waals surface area contributed by atoms with Crippen molar-refractivity contribution in [2.75, 3.05) is 12.4 Å². The van der Waals surface area contributed by atoms with Gasteiger partial charge in [-0.1, -0.05) is 18.1 Å². The number of anilines is 1. The van der Waals surface area contributed by atoms with Gasteiger partial charge in [-0.2, -0.15) is 13.2 Å². The summed E-state index contributed by atoms with van der Waals surface area (Å²) in [5.74, 6) is 1.99. The monoisotopic (exact) mass is 421 g/mol. The molecule has 1 aromatic heterocycles. The molecule has 1 heterocycles. The molecule has 0 saturated carbocycles. The standard InChI is InChI=1S/C21H22F3N3O3/c1-6-17(28)19-16(10-18(29)30-5)26-13(4)27-20(19)25-12(3)14-8-7-9-15(11(14)2)21(22,23)24/h1,7-9,12,17,28H,10H2,2-5H3,(H,25,26,27).